The summed E-state index contributed by atoms with van der Waals surface area (Å²) in [6.07, 6.45) is 4.31. The second-order valence-corrected chi connectivity index (χ2v) is 7.38. The lowest BCUT2D eigenvalue weighted by atomic mass is 10.1. The van der Waals surface area contributed by atoms with Crippen LogP contribution < -0.4 is 10.2 Å². The van der Waals surface area contributed by atoms with Gasteiger partial charge in [-0.3, -0.25) is 9.48 Å². The molecule has 1 amide bonds. The molecule has 3 heterocycles. The van der Waals surface area contributed by atoms with Crippen molar-refractivity contribution in [3.63, 3.8) is 0 Å². The molecule has 1 saturated heterocycles. The van der Waals surface area contributed by atoms with Gasteiger partial charge in [-0.25, -0.2) is 9.97 Å². The SMILES string of the molecule is CO[C@H]1C[C@@H](CNC(=O)c2cn(C)nc2C(C)C)N(c2cc(C)ncn2)C1. The van der Waals surface area contributed by atoms with E-state index in [0.29, 0.717) is 12.1 Å². The maximum Gasteiger partial charge on any atom is 0.254 e. The van der Waals surface area contributed by atoms with Gasteiger partial charge in [-0.1, -0.05) is 13.8 Å². The fraction of sp³-hybridized carbons (Fsp3) is 0.579. The quantitative estimate of drug-likeness (QED) is 0.830. The van der Waals surface area contributed by atoms with E-state index in [-0.39, 0.29) is 24.0 Å². The van der Waals surface area contributed by atoms with Crippen LogP contribution in [0.25, 0.3) is 0 Å². The number of ether oxygens (including phenoxy) is 1. The molecule has 0 saturated carbocycles. The van der Waals surface area contributed by atoms with Gasteiger partial charge in [0, 0.05) is 45.2 Å². The van der Waals surface area contributed by atoms with Crippen molar-refractivity contribution in [3.05, 3.63) is 35.5 Å². The Morgan fingerprint density at radius 3 is 2.85 bits per heavy atom. The van der Waals surface area contributed by atoms with Gasteiger partial charge in [0.2, 0.25) is 0 Å². The third-order valence-electron chi connectivity index (χ3n) is 4.94. The summed E-state index contributed by atoms with van der Waals surface area (Å²) in [7, 11) is 3.56. The molecule has 8 heteroatoms. The summed E-state index contributed by atoms with van der Waals surface area (Å²) in [6.45, 7) is 7.30. The topological polar surface area (TPSA) is 85.2 Å². The van der Waals surface area contributed by atoms with Crippen LogP contribution in [-0.4, -0.2) is 58.0 Å². The largest absolute Gasteiger partial charge is 0.380 e. The third kappa shape index (κ3) is 4.27. The molecule has 2 aromatic heterocycles. The highest BCUT2D eigenvalue weighted by molar-refractivity contribution is 5.95. The highest BCUT2D eigenvalue weighted by atomic mass is 16.5. The lowest BCUT2D eigenvalue weighted by Crippen LogP contribution is -2.40. The van der Waals surface area contributed by atoms with Gasteiger partial charge in [-0.15, -0.1) is 0 Å². The van der Waals surface area contributed by atoms with E-state index in [9.17, 15) is 4.79 Å². The maximum absolute atomic E-state index is 12.7. The number of hydrogen-bond acceptors (Lipinski definition) is 6. The van der Waals surface area contributed by atoms with Crippen molar-refractivity contribution in [3.8, 4) is 0 Å². The normalized spacial score (nSPS) is 19.7. The van der Waals surface area contributed by atoms with E-state index >= 15 is 0 Å². The van der Waals surface area contributed by atoms with E-state index in [1.165, 1.54) is 0 Å². The summed E-state index contributed by atoms with van der Waals surface area (Å²) in [5, 5.41) is 7.49. The number of nitrogens with zero attached hydrogens (tertiary/aromatic N) is 5. The molecule has 8 nitrogen and oxygen atoms in total. The van der Waals surface area contributed by atoms with Crippen molar-refractivity contribution < 1.29 is 9.53 Å². The second kappa shape index (κ2) is 8.04. The minimum absolute atomic E-state index is 0.0912. The van der Waals surface area contributed by atoms with E-state index in [4.69, 9.17) is 4.74 Å². The summed E-state index contributed by atoms with van der Waals surface area (Å²) >= 11 is 0. The van der Waals surface area contributed by atoms with E-state index < -0.39 is 0 Å². The van der Waals surface area contributed by atoms with Gasteiger partial charge in [-0.05, 0) is 19.3 Å². The Morgan fingerprint density at radius 2 is 2.19 bits per heavy atom. The Hall–Kier alpha value is -2.48. The van der Waals surface area contributed by atoms with Crippen molar-refractivity contribution >= 4 is 11.7 Å². The van der Waals surface area contributed by atoms with Crippen LogP contribution in [0.1, 0.15) is 47.9 Å². The molecule has 146 valence electrons. The minimum atomic E-state index is -0.0912. The molecule has 27 heavy (non-hydrogen) atoms. The summed E-state index contributed by atoms with van der Waals surface area (Å²) in [5.74, 6) is 0.967. The third-order valence-corrected chi connectivity index (χ3v) is 4.94. The summed E-state index contributed by atoms with van der Waals surface area (Å²) in [4.78, 5) is 23.5. The molecular weight excluding hydrogens is 344 g/mol. The lowest BCUT2D eigenvalue weighted by Gasteiger charge is -2.25. The average Bonchev–Trinajstić information content (AvgIpc) is 3.23. The Morgan fingerprint density at radius 1 is 1.41 bits per heavy atom. The molecule has 2 atom stereocenters. The van der Waals surface area contributed by atoms with Crippen molar-refractivity contribution in [2.75, 3.05) is 25.1 Å². The van der Waals surface area contributed by atoms with Gasteiger partial charge in [0.15, 0.2) is 0 Å². The fourth-order valence-corrected chi connectivity index (χ4v) is 3.53. The second-order valence-electron chi connectivity index (χ2n) is 7.38. The number of methoxy groups -OCH3 is 1. The maximum atomic E-state index is 12.7. The molecule has 1 N–H and O–H groups in total. The molecule has 1 aliphatic rings. The summed E-state index contributed by atoms with van der Waals surface area (Å²) in [6, 6.07) is 2.08. The molecule has 0 unspecified atom stereocenters. The van der Waals surface area contributed by atoms with Gasteiger partial charge >= 0.3 is 0 Å². The smallest absolute Gasteiger partial charge is 0.254 e. The van der Waals surface area contributed by atoms with Crippen molar-refractivity contribution in [2.24, 2.45) is 7.05 Å². The molecule has 0 spiro atoms. The molecule has 1 aliphatic heterocycles. The van der Waals surface area contributed by atoms with Gasteiger partial charge in [-0.2, -0.15) is 5.10 Å². The molecule has 0 aromatic carbocycles. The van der Waals surface area contributed by atoms with E-state index in [1.807, 2.05) is 33.9 Å². The molecule has 1 fully saturated rings. The van der Waals surface area contributed by atoms with Crippen LogP contribution in [0.5, 0.6) is 0 Å². The Balaban J connectivity index is 1.72. The summed E-state index contributed by atoms with van der Waals surface area (Å²) < 4.78 is 7.25. The number of carbonyl (C=O) groups is 1. The van der Waals surface area contributed by atoms with Crippen LogP contribution in [-0.2, 0) is 11.8 Å². The Kier molecular flexibility index (Phi) is 5.74. The molecule has 0 bridgehead atoms. The number of amides is 1. The number of aromatic nitrogens is 4. The average molecular weight is 372 g/mol. The summed E-state index contributed by atoms with van der Waals surface area (Å²) in [5.41, 5.74) is 2.37. The number of rotatable bonds is 6. The number of hydrogen-bond donors (Lipinski definition) is 1. The first-order valence-electron chi connectivity index (χ1n) is 9.28. The predicted molar refractivity (Wildman–Crippen MR) is 103 cm³/mol. The highest BCUT2D eigenvalue weighted by Crippen LogP contribution is 2.25. The first kappa shape index (κ1) is 19.3. The van der Waals surface area contributed by atoms with Crippen molar-refractivity contribution in [1.29, 1.82) is 0 Å². The van der Waals surface area contributed by atoms with Crippen LogP contribution in [0.4, 0.5) is 5.82 Å². The number of anilines is 1. The predicted octanol–water partition coefficient (Wildman–Crippen LogP) is 1.67. The Labute approximate surface area is 159 Å². The first-order valence-corrected chi connectivity index (χ1v) is 9.28. The van der Waals surface area contributed by atoms with E-state index in [0.717, 1.165) is 30.2 Å². The monoisotopic (exact) mass is 372 g/mol. The fourth-order valence-electron chi connectivity index (χ4n) is 3.53. The zero-order chi connectivity index (χ0) is 19.6. The minimum Gasteiger partial charge on any atom is -0.380 e. The van der Waals surface area contributed by atoms with Crippen LogP contribution in [0.2, 0.25) is 0 Å². The molecule has 3 rings (SSSR count). The van der Waals surface area contributed by atoms with Gasteiger partial charge in [0.05, 0.1) is 23.4 Å². The Bertz CT molecular complexity index is 803. The lowest BCUT2D eigenvalue weighted by molar-refractivity contribution is 0.0945. The molecular formula is C19H28N6O2. The van der Waals surface area contributed by atoms with Crippen LogP contribution >= 0.6 is 0 Å². The van der Waals surface area contributed by atoms with Crippen LogP contribution in [0.15, 0.2) is 18.6 Å². The van der Waals surface area contributed by atoms with E-state index in [1.54, 1.807) is 24.3 Å². The number of carbonyl (C=O) groups excluding carboxylic acids is 1. The molecule has 0 aliphatic carbocycles. The van der Waals surface area contributed by atoms with E-state index in [2.05, 4.69) is 25.3 Å². The van der Waals surface area contributed by atoms with Gasteiger partial charge < -0.3 is 15.0 Å². The van der Waals surface area contributed by atoms with Crippen molar-refractivity contribution in [1.82, 2.24) is 25.1 Å². The highest BCUT2D eigenvalue weighted by Gasteiger charge is 2.33. The van der Waals surface area contributed by atoms with Crippen LogP contribution in [0.3, 0.4) is 0 Å². The molecule has 0 radical (unpaired) electrons. The first-order chi connectivity index (χ1) is 12.9. The molecule has 2 aromatic rings. The number of aryl methyl sites for hydroxylation is 2. The zero-order valence-electron chi connectivity index (χ0n) is 16.6. The van der Waals surface area contributed by atoms with Crippen LogP contribution in [0, 0.1) is 6.92 Å². The van der Waals surface area contributed by atoms with Crippen molar-refractivity contribution in [2.45, 2.75) is 45.3 Å². The van der Waals surface area contributed by atoms with Gasteiger partial charge in [0.25, 0.3) is 5.91 Å². The zero-order valence-corrected chi connectivity index (χ0v) is 16.6. The number of nitrogens with one attached hydrogen (secondary N) is 1. The standard InChI is InChI=1S/C19H28N6O2/c1-12(2)18-16(10-24(4)23-18)19(26)20-8-14-7-15(27-5)9-25(14)17-6-13(3)21-11-22-17/h6,10-12,14-15H,7-9H2,1-5H3,(H,20,26)/t14-,15-/m0/s1. The van der Waals surface area contributed by atoms with Gasteiger partial charge in [0.1, 0.15) is 12.1 Å².